The first-order valence-electron chi connectivity index (χ1n) is 8.72. The number of fused-ring (bicyclic) bond motifs is 1. The molecule has 0 unspecified atom stereocenters. The van der Waals surface area contributed by atoms with Gasteiger partial charge in [-0.1, -0.05) is 17.3 Å². The summed E-state index contributed by atoms with van der Waals surface area (Å²) < 4.78 is 10.9. The zero-order valence-electron chi connectivity index (χ0n) is 15.3. The molecule has 0 saturated carbocycles. The Bertz CT molecular complexity index is 1060. The van der Waals surface area contributed by atoms with Gasteiger partial charge < -0.3 is 14.3 Å². The van der Waals surface area contributed by atoms with Gasteiger partial charge in [0, 0.05) is 16.8 Å². The van der Waals surface area contributed by atoms with E-state index in [1.54, 1.807) is 0 Å². The maximum Gasteiger partial charge on any atom is 0.231 e. The first-order chi connectivity index (χ1) is 13.0. The summed E-state index contributed by atoms with van der Waals surface area (Å²) >= 11 is 0. The SMILES string of the molecule is Cc1noc(C)c1[C@H](C)C(=O)Nc1ccc(-c2nc3ccccc3o2)cc1. The van der Waals surface area contributed by atoms with E-state index in [0.717, 1.165) is 27.9 Å². The molecule has 2 aromatic carbocycles. The van der Waals surface area contributed by atoms with Gasteiger partial charge in [-0.15, -0.1) is 0 Å². The Balaban J connectivity index is 1.51. The average molecular weight is 361 g/mol. The second-order valence-electron chi connectivity index (χ2n) is 6.51. The molecule has 2 heterocycles. The first-order valence-corrected chi connectivity index (χ1v) is 8.72. The molecule has 2 aromatic heterocycles. The molecule has 0 radical (unpaired) electrons. The van der Waals surface area contributed by atoms with Crippen molar-refractivity contribution < 1.29 is 13.7 Å². The van der Waals surface area contributed by atoms with Gasteiger partial charge in [-0.05, 0) is 57.2 Å². The normalized spacial score (nSPS) is 12.3. The number of rotatable bonds is 4. The Kier molecular flexibility index (Phi) is 4.24. The monoisotopic (exact) mass is 361 g/mol. The zero-order chi connectivity index (χ0) is 19.0. The lowest BCUT2D eigenvalue weighted by atomic mass is 9.98. The zero-order valence-corrected chi connectivity index (χ0v) is 15.3. The molecule has 6 heteroatoms. The van der Waals surface area contributed by atoms with Crippen LogP contribution in [0.5, 0.6) is 0 Å². The second kappa shape index (κ2) is 6.72. The molecule has 1 amide bonds. The number of hydrogen-bond donors (Lipinski definition) is 1. The van der Waals surface area contributed by atoms with Gasteiger partial charge in [0.2, 0.25) is 11.8 Å². The molecule has 0 aliphatic carbocycles. The summed E-state index contributed by atoms with van der Waals surface area (Å²) in [4.78, 5) is 17.1. The highest BCUT2D eigenvalue weighted by molar-refractivity contribution is 5.96. The molecular weight excluding hydrogens is 342 g/mol. The minimum Gasteiger partial charge on any atom is -0.436 e. The van der Waals surface area contributed by atoms with Gasteiger partial charge in [0.05, 0.1) is 11.6 Å². The Morgan fingerprint density at radius 2 is 1.81 bits per heavy atom. The van der Waals surface area contributed by atoms with Crippen molar-refractivity contribution in [1.29, 1.82) is 0 Å². The summed E-state index contributed by atoms with van der Waals surface area (Å²) in [6, 6.07) is 15.1. The highest BCUT2D eigenvalue weighted by Crippen LogP contribution is 2.27. The summed E-state index contributed by atoms with van der Waals surface area (Å²) in [5, 5.41) is 6.85. The Morgan fingerprint density at radius 1 is 1.07 bits per heavy atom. The third kappa shape index (κ3) is 3.21. The lowest BCUT2D eigenvalue weighted by Crippen LogP contribution is -2.19. The number of oxazole rings is 1. The van der Waals surface area contributed by atoms with Gasteiger partial charge in [0.15, 0.2) is 5.58 Å². The van der Waals surface area contributed by atoms with Gasteiger partial charge >= 0.3 is 0 Å². The fourth-order valence-electron chi connectivity index (χ4n) is 3.18. The number of carbonyl (C=O) groups is 1. The lowest BCUT2D eigenvalue weighted by Gasteiger charge is -2.12. The standard InChI is InChI=1S/C21H19N3O3/c1-12(19-13(2)24-27-14(19)3)20(25)22-16-10-8-15(9-11-16)21-23-17-6-4-5-7-18(17)26-21/h4-12H,1-3H3,(H,22,25)/t12-/m0/s1. The van der Waals surface area contributed by atoms with Gasteiger partial charge in [-0.3, -0.25) is 4.79 Å². The number of nitrogens with zero attached hydrogens (tertiary/aromatic N) is 2. The third-order valence-electron chi connectivity index (χ3n) is 4.61. The van der Waals surface area contributed by atoms with Crippen LogP contribution in [0.1, 0.15) is 29.9 Å². The fourth-order valence-corrected chi connectivity index (χ4v) is 3.18. The molecule has 0 saturated heterocycles. The molecule has 4 rings (SSSR count). The van der Waals surface area contributed by atoms with E-state index >= 15 is 0 Å². The number of nitrogens with one attached hydrogen (secondary N) is 1. The van der Waals surface area contributed by atoms with Gasteiger partial charge in [0.25, 0.3) is 0 Å². The molecule has 27 heavy (non-hydrogen) atoms. The summed E-state index contributed by atoms with van der Waals surface area (Å²) in [7, 11) is 0. The topological polar surface area (TPSA) is 81.2 Å². The van der Waals surface area contributed by atoms with Crippen molar-refractivity contribution >= 4 is 22.7 Å². The fraction of sp³-hybridized carbons (Fsp3) is 0.190. The van der Waals surface area contributed by atoms with Gasteiger partial charge in [-0.2, -0.15) is 0 Å². The molecule has 1 atom stereocenters. The average Bonchev–Trinajstić information content (AvgIpc) is 3.25. The first kappa shape index (κ1) is 17.0. The van der Waals surface area contributed by atoms with Crippen LogP contribution in [0.15, 0.2) is 57.5 Å². The molecule has 1 N–H and O–H groups in total. The van der Waals surface area contributed by atoms with Crippen molar-refractivity contribution in [2.24, 2.45) is 0 Å². The van der Waals surface area contributed by atoms with E-state index in [2.05, 4.69) is 15.5 Å². The molecule has 136 valence electrons. The molecule has 0 aliphatic rings. The van der Waals surface area contributed by atoms with Crippen molar-refractivity contribution in [1.82, 2.24) is 10.1 Å². The van der Waals surface area contributed by atoms with Gasteiger partial charge in [0.1, 0.15) is 11.3 Å². The number of aromatic nitrogens is 2. The Morgan fingerprint density at radius 3 is 2.48 bits per heavy atom. The second-order valence-corrected chi connectivity index (χ2v) is 6.51. The van der Waals surface area contributed by atoms with Crippen LogP contribution in [-0.4, -0.2) is 16.0 Å². The van der Waals surface area contributed by atoms with E-state index in [1.807, 2.05) is 69.3 Å². The van der Waals surface area contributed by atoms with Crippen molar-refractivity contribution in [3.05, 3.63) is 65.5 Å². The van der Waals surface area contributed by atoms with E-state index in [1.165, 1.54) is 0 Å². The molecule has 0 spiro atoms. The summed E-state index contributed by atoms with van der Waals surface area (Å²) in [6.07, 6.45) is 0. The molecule has 0 aliphatic heterocycles. The Hall–Kier alpha value is -3.41. The number of amides is 1. The maximum atomic E-state index is 12.6. The maximum absolute atomic E-state index is 12.6. The van der Waals surface area contributed by atoms with Crippen LogP contribution < -0.4 is 5.32 Å². The number of benzene rings is 2. The van der Waals surface area contributed by atoms with E-state index in [9.17, 15) is 4.79 Å². The van der Waals surface area contributed by atoms with Crippen molar-refractivity contribution in [3.8, 4) is 11.5 Å². The van der Waals surface area contributed by atoms with Crippen LogP contribution in [0.3, 0.4) is 0 Å². The molecule has 6 nitrogen and oxygen atoms in total. The van der Waals surface area contributed by atoms with E-state index < -0.39 is 0 Å². The van der Waals surface area contributed by atoms with E-state index in [4.69, 9.17) is 8.94 Å². The van der Waals surface area contributed by atoms with Crippen LogP contribution in [0.4, 0.5) is 5.69 Å². The predicted molar refractivity (Wildman–Crippen MR) is 102 cm³/mol. The minimum atomic E-state index is -0.354. The van der Waals surface area contributed by atoms with Crippen LogP contribution in [0, 0.1) is 13.8 Å². The number of anilines is 1. The van der Waals surface area contributed by atoms with Crippen molar-refractivity contribution in [2.75, 3.05) is 5.32 Å². The molecular formula is C21H19N3O3. The van der Waals surface area contributed by atoms with Gasteiger partial charge in [-0.25, -0.2) is 4.98 Å². The summed E-state index contributed by atoms with van der Waals surface area (Å²) in [5.41, 5.74) is 4.69. The van der Waals surface area contributed by atoms with Crippen molar-refractivity contribution in [2.45, 2.75) is 26.7 Å². The van der Waals surface area contributed by atoms with E-state index in [-0.39, 0.29) is 11.8 Å². The van der Waals surface area contributed by atoms with Crippen LogP contribution >= 0.6 is 0 Å². The van der Waals surface area contributed by atoms with Crippen LogP contribution in [0.25, 0.3) is 22.6 Å². The highest BCUT2D eigenvalue weighted by atomic mass is 16.5. The number of carbonyl (C=O) groups excluding carboxylic acids is 1. The molecule has 0 fully saturated rings. The predicted octanol–water partition coefficient (Wildman–Crippen LogP) is 4.84. The van der Waals surface area contributed by atoms with Crippen molar-refractivity contribution in [3.63, 3.8) is 0 Å². The smallest absolute Gasteiger partial charge is 0.231 e. The summed E-state index contributed by atoms with van der Waals surface area (Å²) in [5.74, 6) is 0.756. The lowest BCUT2D eigenvalue weighted by molar-refractivity contribution is -0.117. The van der Waals surface area contributed by atoms with E-state index in [0.29, 0.717) is 17.3 Å². The molecule has 0 bridgehead atoms. The largest absolute Gasteiger partial charge is 0.436 e. The number of hydrogen-bond acceptors (Lipinski definition) is 5. The third-order valence-corrected chi connectivity index (χ3v) is 4.61. The quantitative estimate of drug-likeness (QED) is 0.562. The van der Waals surface area contributed by atoms with Crippen LogP contribution in [-0.2, 0) is 4.79 Å². The summed E-state index contributed by atoms with van der Waals surface area (Å²) in [6.45, 7) is 5.49. The number of para-hydroxylation sites is 2. The minimum absolute atomic E-state index is 0.112. The van der Waals surface area contributed by atoms with Crippen LogP contribution in [0.2, 0.25) is 0 Å². The Labute approximate surface area is 156 Å². The highest BCUT2D eigenvalue weighted by Gasteiger charge is 2.23. The molecule has 4 aromatic rings. The number of aryl methyl sites for hydroxylation is 2.